The molecule has 0 bridgehead atoms. The molecule has 2 fully saturated rings. The Morgan fingerprint density at radius 2 is 1.68 bits per heavy atom. The SMILES string of the molecule is COc1ccc(C(=O)[C@@H]2[C@@H]3C(=O)N(c4ccc(Br)cc4)C(=O)[C@@H]3[C@H]3C=CC=NN32)cc1. The first-order valence-electron chi connectivity index (χ1n) is 9.82. The van der Waals surface area contributed by atoms with Crippen LogP contribution in [0.2, 0.25) is 0 Å². The van der Waals surface area contributed by atoms with Crippen LogP contribution in [0.5, 0.6) is 5.75 Å². The standard InChI is InChI=1S/C23H18BrN3O4/c1-31-16-10-4-13(5-11-16)21(28)20-19-18(17-3-2-12-25-27(17)20)22(29)26(23(19)30)15-8-6-14(24)7-9-15/h2-12,17-20H,1H3/t17-,18-,19-,20+/m1/s1. The number of halogens is 1. The van der Waals surface area contributed by atoms with Gasteiger partial charge in [0, 0.05) is 16.3 Å². The predicted octanol–water partition coefficient (Wildman–Crippen LogP) is 3.05. The van der Waals surface area contributed by atoms with E-state index in [0.29, 0.717) is 17.0 Å². The molecule has 0 saturated carbocycles. The minimum Gasteiger partial charge on any atom is -0.497 e. The van der Waals surface area contributed by atoms with Gasteiger partial charge in [0.25, 0.3) is 0 Å². The normalized spacial score (nSPS) is 26.3. The lowest BCUT2D eigenvalue weighted by atomic mass is 9.86. The van der Waals surface area contributed by atoms with Crippen LogP contribution in [-0.4, -0.2) is 48.0 Å². The van der Waals surface area contributed by atoms with Crippen LogP contribution in [-0.2, 0) is 9.59 Å². The number of hydrogen-bond donors (Lipinski definition) is 0. The van der Waals surface area contributed by atoms with Gasteiger partial charge in [-0.1, -0.05) is 22.0 Å². The van der Waals surface area contributed by atoms with Gasteiger partial charge in [0.1, 0.15) is 11.8 Å². The summed E-state index contributed by atoms with van der Waals surface area (Å²) in [6.45, 7) is 0. The van der Waals surface area contributed by atoms with E-state index in [4.69, 9.17) is 4.74 Å². The molecule has 2 saturated heterocycles. The van der Waals surface area contributed by atoms with Crippen molar-refractivity contribution in [3.63, 3.8) is 0 Å². The van der Waals surface area contributed by atoms with Gasteiger partial charge in [0.15, 0.2) is 5.78 Å². The molecule has 4 atom stereocenters. The molecule has 2 aromatic rings. The number of hydrogen-bond acceptors (Lipinski definition) is 6. The van der Waals surface area contributed by atoms with Crippen molar-refractivity contribution in [3.8, 4) is 5.75 Å². The summed E-state index contributed by atoms with van der Waals surface area (Å²) >= 11 is 3.37. The molecule has 0 unspecified atom stereocenters. The summed E-state index contributed by atoms with van der Waals surface area (Å²) in [5.74, 6) is -1.77. The van der Waals surface area contributed by atoms with Gasteiger partial charge in [0.05, 0.1) is 30.7 Å². The fourth-order valence-electron chi connectivity index (χ4n) is 4.61. The van der Waals surface area contributed by atoms with Crippen LogP contribution in [0, 0.1) is 11.8 Å². The number of carbonyl (C=O) groups excluding carboxylic acids is 3. The minimum absolute atomic E-state index is 0.244. The number of anilines is 1. The number of benzene rings is 2. The Morgan fingerprint density at radius 3 is 2.35 bits per heavy atom. The average molecular weight is 480 g/mol. The number of ether oxygens (including phenoxy) is 1. The number of imide groups is 1. The molecule has 0 radical (unpaired) electrons. The molecule has 31 heavy (non-hydrogen) atoms. The molecule has 2 aromatic carbocycles. The summed E-state index contributed by atoms with van der Waals surface area (Å²) in [4.78, 5) is 41.6. The number of rotatable bonds is 4. The van der Waals surface area contributed by atoms with E-state index < -0.39 is 23.9 Å². The zero-order chi connectivity index (χ0) is 21.7. The van der Waals surface area contributed by atoms with Gasteiger partial charge < -0.3 is 4.74 Å². The van der Waals surface area contributed by atoms with E-state index in [1.807, 2.05) is 6.08 Å². The Kier molecular flexibility index (Phi) is 4.74. The molecular formula is C23H18BrN3O4. The molecule has 3 heterocycles. The third kappa shape index (κ3) is 3.01. The van der Waals surface area contributed by atoms with Crippen LogP contribution >= 0.6 is 15.9 Å². The van der Waals surface area contributed by atoms with E-state index in [0.717, 1.165) is 4.47 Å². The zero-order valence-corrected chi connectivity index (χ0v) is 18.1. The zero-order valence-electron chi connectivity index (χ0n) is 16.5. The quantitative estimate of drug-likeness (QED) is 0.497. The molecule has 7 nitrogen and oxygen atoms in total. The highest BCUT2D eigenvalue weighted by molar-refractivity contribution is 9.10. The van der Waals surface area contributed by atoms with E-state index in [-0.39, 0.29) is 17.6 Å². The molecule has 8 heteroatoms. The average Bonchev–Trinajstić information content (AvgIpc) is 3.27. The highest BCUT2D eigenvalue weighted by Gasteiger charge is 2.64. The number of hydrazone groups is 1. The topological polar surface area (TPSA) is 79.3 Å². The third-order valence-electron chi connectivity index (χ3n) is 6.02. The van der Waals surface area contributed by atoms with Crippen molar-refractivity contribution in [1.29, 1.82) is 0 Å². The van der Waals surface area contributed by atoms with Crippen molar-refractivity contribution < 1.29 is 19.1 Å². The lowest BCUT2D eigenvalue weighted by Crippen LogP contribution is -2.46. The van der Waals surface area contributed by atoms with Crippen molar-refractivity contribution in [2.45, 2.75) is 12.1 Å². The first-order valence-corrected chi connectivity index (χ1v) is 10.6. The molecule has 0 spiro atoms. The lowest BCUT2D eigenvalue weighted by molar-refractivity contribution is -0.123. The Labute approximate surface area is 187 Å². The Hall–Kier alpha value is -3.26. The van der Waals surface area contributed by atoms with Crippen molar-refractivity contribution in [2.24, 2.45) is 16.9 Å². The second-order valence-corrected chi connectivity index (χ2v) is 8.51. The van der Waals surface area contributed by atoms with E-state index in [1.54, 1.807) is 72.9 Å². The summed E-state index contributed by atoms with van der Waals surface area (Å²) < 4.78 is 6.02. The predicted molar refractivity (Wildman–Crippen MR) is 118 cm³/mol. The van der Waals surface area contributed by atoms with Crippen LogP contribution in [0.1, 0.15) is 10.4 Å². The maximum absolute atomic E-state index is 13.5. The van der Waals surface area contributed by atoms with Crippen LogP contribution in [0.3, 0.4) is 0 Å². The van der Waals surface area contributed by atoms with Gasteiger partial charge in [0.2, 0.25) is 11.8 Å². The van der Waals surface area contributed by atoms with Crippen LogP contribution < -0.4 is 9.64 Å². The van der Waals surface area contributed by atoms with E-state index in [2.05, 4.69) is 21.0 Å². The second-order valence-electron chi connectivity index (χ2n) is 7.60. The van der Waals surface area contributed by atoms with Crippen LogP contribution in [0.4, 0.5) is 5.69 Å². The summed E-state index contributed by atoms with van der Waals surface area (Å²) in [6.07, 6.45) is 5.16. The second kappa shape index (κ2) is 7.46. The number of allylic oxidation sites excluding steroid dienone is 1. The molecular weight excluding hydrogens is 462 g/mol. The monoisotopic (exact) mass is 479 g/mol. The molecule has 0 aromatic heterocycles. The van der Waals surface area contributed by atoms with Crippen molar-refractivity contribution in [1.82, 2.24) is 5.01 Å². The molecule has 2 amide bonds. The van der Waals surface area contributed by atoms with E-state index in [1.165, 1.54) is 4.90 Å². The smallest absolute Gasteiger partial charge is 0.240 e. The number of carbonyl (C=O) groups is 3. The van der Waals surface area contributed by atoms with Crippen molar-refractivity contribution in [2.75, 3.05) is 12.0 Å². The van der Waals surface area contributed by atoms with Gasteiger partial charge in [-0.25, -0.2) is 4.90 Å². The van der Waals surface area contributed by atoms with Gasteiger partial charge in [-0.3, -0.25) is 19.4 Å². The fraction of sp³-hybridized carbons (Fsp3) is 0.217. The number of ketones is 1. The Balaban J connectivity index is 1.55. The summed E-state index contributed by atoms with van der Waals surface area (Å²) in [5.41, 5.74) is 0.940. The highest BCUT2D eigenvalue weighted by atomic mass is 79.9. The lowest BCUT2D eigenvalue weighted by Gasteiger charge is -2.30. The fourth-order valence-corrected chi connectivity index (χ4v) is 4.87. The number of methoxy groups -OCH3 is 1. The Bertz CT molecular complexity index is 1130. The molecule has 5 rings (SSSR count). The molecule has 3 aliphatic heterocycles. The van der Waals surface area contributed by atoms with Crippen LogP contribution in [0.15, 0.2) is 70.3 Å². The van der Waals surface area contributed by atoms with Gasteiger partial charge >= 0.3 is 0 Å². The first kappa shape index (κ1) is 19.7. The van der Waals surface area contributed by atoms with Gasteiger partial charge in [-0.05, 0) is 54.6 Å². The van der Waals surface area contributed by atoms with Gasteiger partial charge in [-0.2, -0.15) is 5.10 Å². The van der Waals surface area contributed by atoms with Gasteiger partial charge in [-0.15, -0.1) is 0 Å². The molecule has 0 N–H and O–H groups in total. The summed E-state index contributed by atoms with van der Waals surface area (Å²) in [5, 5.41) is 5.97. The highest BCUT2D eigenvalue weighted by Crippen LogP contribution is 2.46. The van der Waals surface area contributed by atoms with Crippen molar-refractivity contribution >= 4 is 45.4 Å². The number of Topliss-reactive ketones (excluding diaryl/α,β-unsaturated/α-hetero) is 1. The molecule has 3 aliphatic rings. The van der Waals surface area contributed by atoms with Crippen LogP contribution in [0.25, 0.3) is 0 Å². The minimum atomic E-state index is -0.860. The molecule has 156 valence electrons. The Morgan fingerprint density at radius 1 is 1.00 bits per heavy atom. The number of nitrogens with zero attached hydrogens (tertiary/aromatic N) is 3. The largest absolute Gasteiger partial charge is 0.497 e. The molecule has 0 aliphatic carbocycles. The van der Waals surface area contributed by atoms with E-state index in [9.17, 15) is 14.4 Å². The summed E-state index contributed by atoms with van der Waals surface area (Å²) in [7, 11) is 1.55. The van der Waals surface area contributed by atoms with E-state index >= 15 is 0 Å². The summed E-state index contributed by atoms with van der Waals surface area (Å²) in [6, 6.07) is 12.4. The number of fused-ring (bicyclic) bond motifs is 3. The third-order valence-corrected chi connectivity index (χ3v) is 6.55. The van der Waals surface area contributed by atoms with Crippen molar-refractivity contribution in [3.05, 3.63) is 70.7 Å². The number of amides is 2. The maximum Gasteiger partial charge on any atom is 0.240 e. The first-order chi connectivity index (χ1) is 15.0. The maximum atomic E-state index is 13.5.